The van der Waals surface area contributed by atoms with Crippen LogP contribution in [0.3, 0.4) is 0 Å². The third-order valence-corrected chi connectivity index (χ3v) is 2.58. The molecule has 0 fully saturated rings. The van der Waals surface area contributed by atoms with E-state index in [2.05, 4.69) is 10.1 Å². The summed E-state index contributed by atoms with van der Waals surface area (Å²) in [6.07, 6.45) is 3.44. The van der Waals surface area contributed by atoms with Crippen LogP contribution < -0.4 is 4.74 Å². The summed E-state index contributed by atoms with van der Waals surface area (Å²) in [6.45, 7) is 1.70. The van der Waals surface area contributed by atoms with Gasteiger partial charge in [-0.2, -0.15) is 5.10 Å². The molecule has 0 aliphatic heterocycles. The molecule has 6 nitrogen and oxygen atoms in total. The van der Waals surface area contributed by atoms with Gasteiger partial charge in [-0.3, -0.25) is 9.48 Å². The van der Waals surface area contributed by atoms with Crippen LogP contribution in [0.15, 0.2) is 35.5 Å². The van der Waals surface area contributed by atoms with Crippen molar-refractivity contribution in [3.05, 3.63) is 36.0 Å². The van der Waals surface area contributed by atoms with Crippen molar-refractivity contribution >= 4 is 18.0 Å². The Bertz CT molecular complexity index is 647. The molecule has 0 radical (unpaired) electrons. The highest BCUT2D eigenvalue weighted by atomic mass is 16.5. The van der Waals surface area contributed by atoms with Crippen molar-refractivity contribution in [3.8, 4) is 11.5 Å². The monoisotopic (exact) mass is 273 g/mol. The van der Waals surface area contributed by atoms with Crippen LogP contribution in [0.5, 0.6) is 11.5 Å². The SMILES string of the molecule is CCC(=O)Oc1cccc(O)c1C=Nc1ccn(C)n1. The van der Waals surface area contributed by atoms with Crippen LogP contribution in [0.4, 0.5) is 5.82 Å². The van der Waals surface area contributed by atoms with E-state index in [-0.39, 0.29) is 23.9 Å². The molecule has 0 amide bonds. The normalized spacial score (nSPS) is 10.9. The van der Waals surface area contributed by atoms with Gasteiger partial charge in [-0.05, 0) is 12.1 Å². The number of aromatic hydroxyl groups is 1. The third kappa shape index (κ3) is 3.23. The number of phenols is 1. The minimum absolute atomic E-state index is 0.00826. The second-order valence-corrected chi connectivity index (χ2v) is 4.12. The summed E-state index contributed by atoms with van der Waals surface area (Å²) in [5.41, 5.74) is 0.347. The van der Waals surface area contributed by atoms with E-state index in [4.69, 9.17) is 4.74 Å². The Labute approximate surface area is 116 Å². The fourth-order valence-electron chi connectivity index (χ4n) is 1.55. The number of aliphatic imine (C=N–C) groups is 1. The highest BCUT2D eigenvalue weighted by Crippen LogP contribution is 2.26. The number of hydrogen-bond acceptors (Lipinski definition) is 5. The predicted molar refractivity (Wildman–Crippen MR) is 74.5 cm³/mol. The molecule has 1 N–H and O–H groups in total. The van der Waals surface area contributed by atoms with Crippen molar-refractivity contribution in [3.63, 3.8) is 0 Å². The number of carbonyl (C=O) groups is 1. The van der Waals surface area contributed by atoms with E-state index in [1.165, 1.54) is 12.3 Å². The molecule has 1 aromatic heterocycles. The highest BCUT2D eigenvalue weighted by molar-refractivity contribution is 5.90. The average molecular weight is 273 g/mol. The maximum Gasteiger partial charge on any atom is 0.310 e. The molecule has 2 aromatic rings. The van der Waals surface area contributed by atoms with Gasteiger partial charge in [0.15, 0.2) is 5.82 Å². The Morgan fingerprint density at radius 1 is 1.50 bits per heavy atom. The molecule has 0 bridgehead atoms. The summed E-state index contributed by atoms with van der Waals surface area (Å²) in [5.74, 6) is 0.397. The molecule has 0 saturated carbocycles. The van der Waals surface area contributed by atoms with E-state index in [1.54, 1.807) is 43.0 Å². The van der Waals surface area contributed by atoms with Crippen molar-refractivity contribution < 1.29 is 14.6 Å². The van der Waals surface area contributed by atoms with Crippen LogP contribution >= 0.6 is 0 Å². The molecule has 20 heavy (non-hydrogen) atoms. The Morgan fingerprint density at radius 3 is 2.95 bits per heavy atom. The van der Waals surface area contributed by atoms with Gasteiger partial charge in [-0.1, -0.05) is 13.0 Å². The Kier molecular flexibility index (Phi) is 4.14. The van der Waals surface area contributed by atoms with Crippen molar-refractivity contribution in [1.82, 2.24) is 9.78 Å². The van der Waals surface area contributed by atoms with Gasteiger partial charge in [0.25, 0.3) is 0 Å². The number of rotatable bonds is 4. The number of benzene rings is 1. The number of hydrogen-bond donors (Lipinski definition) is 1. The van der Waals surface area contributed by atoms with Gasteiger partial charge in [0.1, 0.15) is 11.5 Å². The van der Waals surface area contributed by atoms with E-state index in [1.807, 2.05) is 0 Å². The first-order valence-corrected chi connectivity index (χ1v) is 6.16. The van der Waals surface area contributed by atoms with E-state index >= 15 is 0 Å². The number of aromatic nitrogens is 2. The van der Waals surface area contributed by atoms with Gasteiger partial charge < -0.3 is 9.84 Å². The molecule has 6 heteroatoms. The minimum Gasteiger partial charge on any atom is -0.507 e. The smallest absolute Gasteiger partial charge is 0.310 e. The number of aryl methyl sites for hydroxylation is 1. The van der Waals surface area contributed by atoms with Crippen molar-refractivity contribution in [1.29, 1.82) is 0 Å². The number of phenolic OH excluding ortho intramolecular Hbond substituents is 1. The van der Waals surface area contributed by atoms with Gasteiger partial charge in [-0.15, -0.1) is 0 Å². The van der Waals surface area contributed by atoms with Gasteiger partial charge in [0.05, 0.1) is 5.56 Å². The second-order valence-electron chi connectivity index (χ2n) is 4.12. The minimum atomic E-state index is -0.372. The van der Waals surface area contributed by atoms with Crippen LogP contribution in [-0.2, 0) is 11.8 Å². The summed E-state index contributed by atoms with van der Waals surface area (Å²) in [7, 11) is 1.79. The van der Waals surface area contributed by atoms with Crippen molar-refractivity contribution in [2.24, 2.45) is 12.0 Å². The average Bonchev–Trinajstić information content (AvgIpc) is 2.83. The first kappa shape index (κ1) is 13.8. The van der Waals surface area contributed by atoms with E-state index in [9.17, 15) is 9.90 Å². The van der Waals surface area contributed by atoms with E-state index in [0.29, 0.717) is 11.4 Å². The lowest BCUT2D eigenvalue weighted by atomic mass is 10.2. The predicted octanol–water partition coefficient (Wildman–Crippen LogP) is 2.19. The largest absolute Gasteiger partial charge is 0.507 e. The first-order valence-electron chi connectivity index (χ1n) is 6.16. The van der Waals surface area contributed by atoms with Gasteiger partial charge >= 0.3 is 5.97 Å². The lowest BCUT2D eigenvalue weighted by Crippen LogP contribution is -2.07. The summed E-state index contributed by atoms with van der Waals surface area (Å²) in [4.78, 5) is 15.5. The third-order valence-electron chi connectivity index (χ3n) is 2.58. The molecule has 0 aliphatic carbocycles. The quantitative estimate of drug-likeness (QED) is 0.526. The lowest BCUT2D eigenvalue weighted by molar-refractivity contribution is -0.134. The van der Waals surface area contributed by atoms with Crippen molar-refractivity contribution in [2.45, 2.75) is 13.3 Å². The number of esters is 1. The van der Waals surface area contributed by atoms with Gasteiger partial charge in [0.2, 0.25) is 0 Å². The van der Waals surface area contributed by atoms with Crippen LogP contribution in [0.1, 0.15) is 18.9 Å². The zero-order valence-corrected chi connectivity index (χ0v) is 11.3. The Morgan fingerprint density at radius 2 is 2.30 bits per heavy atom. The molecule has 0 saturated heterocycles. The maximum atomic E-state index is 11.4. The second kappa shape index (κ2) is 6.01. The molecule has 0 spiro atoms. The number of nitrogens with zero attached hydrogens (tertiary/aromatic N) is 3. The zero-order valence-electron chi connectivity index (χ0n) is 11.3. The summed E-state index contributed by atoms with van der Waals surface area (Å²) in [6, 6.07) is 6.44. The summed E-state index contributed by atoms with van der Waals surface area (Å²) >= 11 is 0. The number of ether oxygens (including phenoxy) is 1. The van der Waals surface area contributed by atoms with Crippen LogP contribution in [0, 0.1) is 0 Å². The van der Waals surface area contributed by atoms with Crippen LogP contribution in [-0.4, -0.2) is 27.1 Å². The van der Waals surface area contributed by atoms with Crippen LogP contribution in [0.25, 0.3) is 0 Å². The Balaban J connectivity index is 2.30. The summed E-state index contributed by atoms with van der Waals surface area (Å²) in [5, 5.41) is 13.9. The maximum absolute atomic E-state index is 11.4. The molecule has 0 aliphatic rings. The summed E-state index contributed by atoms with van der Waals surface area (Å²) < 4.78 is 6.77. The first-order chi connectivity index (χ1) is 9.60. The fourth-order valence-corrected chi connectivity index (χ4v) is 1.55. The highest BCUT2D eigenvalue weighted by Gasteiger charge is 2.10. The topological polar surface area (TPSA) is 76.7 Å². The van der Waals surface area contributed by atoms with Crippen molar-refractivity contribution in [2.75, 3.05) is 0 Å². The van der Waals surface area contributed by atoms with Gasteiger partial charge in [0, 0.05) is 31.9 Å². The molecule has 0 unspecified atom stereocenters. The molecule has 0 atom stereocenters. The fraction of sp³-hybridized carbons (Fsp3) is 0.214. The number of carbonyl (C=O) groups excluding carboxylic acids is 1. The molecule has 1 aromatic carbocycles. The molecular weight excluding hydrogens is 258 g/mol. The standard InChI is InChI=1S/C14H15N3O3/c1-3-14(19)20-12-6-4-5-11(18)10(12)9-15-13-7-8-17(2)16-13/h4-9,18H,3H2,1-2H3. The molecule has 1 heterocycles. The van der Waals surface area contributed by atoms with E-state index in [0.717, 1.165) is 0 Å². The lowest BCUT2D eigenvalue weighted by Gasteiger charge is -2.07. The molecule has 104 valence electrons. The Hall–Kier alpha value is -2.63. The van der Waals surface area contributed by atoms with Gasteiger partial charge in [-0.25, -0.2) is 4.99 Å². The van der Waals surface area contributed by atoms with E-state index < -0.39 is 0 Å². The molecular formula is C14H15N3O3. The zero-order chi connectivity index (χ0) is 14.5. The van der Waals surface area contributed by atoms with Crippen LogP contribution in [0.2, 0.25) is 0 Å². The molecule has 2 rings (SSSR count).